The van der Waals surface area contributed by atoms with Gasteiger partial charge >= 0.3 is 6.09 Å². The molecule has 0 radical (unpaired) electrons. The maximum atomic E-state index is 13.2. The van der Waals surface area contributed by atoms with Crippen molar-refractivity contribution in [3.63, 3.8) is 0 Å². The van der Waals surface area contributed by atoms with E-state index in [1.807, 2.05) is 30.3 Å². The van der Waals surface area contributed by atoms with E-state index in [9.17, 15) is 19.2 Å². The molecule has 2 N–H and O–H groups in total. The Bertz CT molecular complexity index is 1110. The molecule has 0 unspecified atom stereocenters. The SMILES string of the molecule is CN(CCc1ccccc1)C(=O)CC[C@H](C=O)NC(=O)[C@@H](CC1CCCCC1)NC(=O)OCc1cccc(Cl)c1. The van der Waals surface area contributed by atoms with Crippen LogP contribution in [0.5, 0.6) is 0 Å². The van der Waals surface area contributed by atoms with Crippen molar-refractivity contribution in [1.29, 1.82) is 0 Å². The van der Waals surface area contributed by atoms with E-state index in [4.69, 9.17) is 16.3 Å². The highest BCUT2D eigenvalue weighted by molar-refractivity contribution is 6.30. The quantitative estimate of drug-likeness (QED) is 0.309. The molecule has 3 amide bonds. The number of benzene rings is 2. The minimum atomic E-state index is -0.846. The highest BCUT2D eigenvalue weighted by Crippen LogP contribution is 2.27. The highest BCUT2D eigenvalue weighted by atomic mass is 35.5. The predicted octanol–water partition coefficient (Wildman–Crippen LogP) is 5.07. The van der Waals surface area contributed by atoms with Crippen LogP contribution in [0.25, 0.3) is 0 Å². The van der Waals surface area contributed by atoms with Gasteiger partial charge in [0.2, 0.25) is 11.8 Å². The monoisotopic (exact) mass is 569 g/mol. The molecule has 1 saturated carbocycles. The molecule has 1 aliphatic rings. The van der Waals surface area contributed by atoms with Crippen LogP contribution < -0.4 is 10.6 Å². The molecule has 1 aliphatic carbocycles. The number of hydrogen-bond acceptors (Lipinski definition) is 5. The number of nitrogens with one attached hydrogen (secondary N) is 2. The molecule has 2 aromatic carbocycles. The van der Waals surface area contributed by atoms with E-state index >= 15 is 0 Å². The van der Waals surface area contributed by atoms with Gasteiger partial charge in [0, 0.05) is 25.0 Å². The average molecular weight is 570 g/mol. The van der Waals surface area contributed by atoms with E-state index in [2.05, 4.69) is 10.6 Å². The van der Waals surface area contributed by atoms with Crippen molar-refractivity contribution in [1.82, 2.24) is 15.5 Å². The van der Waals surface area contributed by atoms with Crippen LogP contribution in [-0.2, 0) is 32.1 Å². The zero-order valence-electron chi connectivity index (χ0n) is 23.2. The van der Waals surface area contributed by atoms with Crippen molar-refractivity contribution < 1.29 is 23.9 Å². The number of halogens is 1. The minimum Gasteiger partial charge on any atom is -0.445 e. The second kappa shape index (κ2) is 16.7. The topological polar surface area (TPSA) is 105 Å². The van der Waals surface area contributed by atoms with Crippen LogP contribution in [0.15, 0.2) is 54.6 Å². The zero-order chi connectivity index (χ0) is 28.7. The van der Waals surface area contributed by atoms with Crippen LogP contribution in [0.3, 0.4) is 0 Å². The minimum absolute atomic E-state index is 0.0149. The summed E-state index contributed by atoms with van der Waals surface area (Å²) < 4.78 is 5.34. The zero-order valence-corrected chi connectivity index (χ0v) is 23.9. The number of carbonyl (C=O) groups excluding carboxylic acids is 4. The Morgan fingerprint density at radius 3 is 2.45 bits per heavy atom. The molecule has 0 saturated heterocycles. The molecule has 1 fully saturated rings. The molecule has 0 bridgehead atoms. The van der Waals surface area contributed by atoms with Crippen molar-refractivity contribution >= 4 is 35.8 Å². The first kappa shape index (κ1) is 31.1. The van der Waals surface area contributed by atoms with E-state index in [-0.39, 0.29) is 25.4 Å². The number of alkyl carbamates (subject to hydrolysis) is 1. The Balaban J connectivity index is 1.51. The Morgan fingerprint density at radius 1 is 1.02 bits per heavy atom. The molecule has 0 heterocycles. The summed E-state index contributed by atoms with van der Waals surface area (Å²) in [6, 6.07) is 15.2. The maximum Gasteiger partial charge on any atom is 0.408 e. The first-order chi connectivity index (χ1) is 19.3. The molecule has 40 heavy (non-hydrogen) atoms. The van der Waals surface area contributed by atoms with Crippen molar-refractivity contribution in [3.05, 3.63) is 70.7 Å². The molecule has 2 aromatic rings. The van der Waals surface area contributed by atoms with Gasteiger partial charge in [-0.05, 0) is 48.4 Å². The van der Waals surface area contributed by atoms with Gasteiger partial charge in [-0.2, -0.15) is 0 Å². The third-order valence-corrected chi connectivity index (χ3v) is 7.56. The lowest BCUT2D eigenvalue weighted by Gasteiger charge is -2.27. The summed E-state index contributed by atoms with van der Waals surface area (Å²) >= 11 is 6.00. The third-order valence-electron chi connectivity index (χ3n) is 7.33. The molecule has 0 aromatic heterocycles. The van der Waals surface area contributed by atoms with Crippen LogP contribution in [-0.4, -0.2) is 54.8 Å². The molecule has 9 heteroatoms. The van der Waals surface area contributed by atoms with Gasteiger partial charge in [0.25, 0.3) is 0 Å². The predicted molar refractivity (Wildman–Crippen MR) is 155 cm³/mol. The fourth-order valence-electron chi connectivity index (χ4n) is 4.94. The Labute approximate surface area is 241 Å². The maximum absolute atomic E-state index is 13.2. The second-order valence-electron chi connectivity index (χ2n) is 10.5. The number of likely N-dealkylation sites (N-methyl/N-ethyl adjacent to an activating group) is 1. The standard InChI is InChI=1S/C31H40ClN3O5/c1-35(18-17-23-9-4-2-5-10-23)29(37)16-15-27(21-36)33-30(38)28(20-24-11-6-3-7-12-24)34-31(39)40-22-25-13-8-14-26(32)19-25/h2,4-5,8-10,13-14,19,21,24,27-28H,3,6-7,11-12,15-18,20,22H2,1H3,(H,33,38)(H,34,39)/t27-,28-/m1/s1. The van der Waals surface area contributed by atoms with Crippen LogP contribution in [0.4, 0.5) is 4.79 Å². The van der Waals surface area contributed by atoms with Crippen molar-refractivity contribution in [2.24, 2.45) is 5.92 Å². The van der Waals surface area contributed by atoms with Gasteiger partial charge in [-0.25, -0.2) is 4.79 Å². The summed E-state index contributed by atoms with van der Waals surface area (Å²) in [4.78, 5) is 51.9. The summed E-state index contributed by atoms with van der Waals surface area (Å²) in [6.45, 7) is 0.576. The molecule has 2 atom stereocenters. The first-order valence-corrected chi connectivity index (χ1v) is 14.4. The number of aldehydes is 1. The normalized spacial score (nSPS) is 14.9. The van der Waals surface area contributed by atoms with Crippen LogP contribution >= 0.6 is 11.6 Å². The van der Waals surface area contributed by atoms with Crippen molar-refractivity contribution in [2.45, 2.75) is 76.5 Å². The third kappa shape index (κ3) is 11.0. The summed E-state index contributed by atoms with van der Waals surface area (Å²) in [6.07, 6.45) is 6.76. The molecule has 0 aliphatic heterocycles. The summed E-state index contributed by atoms with van der Waals surface area (Å²) in [7, 11) is 1.74. The number of nitrogens with zero attached hydrogens (tertiary/aromatic N) is 1. The molecular formula is C31H40ClN3O5. The van der Waals surface area contributed by atoms with Gasteiger partial charge in [0.15, 0.2) is 0 Å². The fraction of sp³-hybridized carbons (Fsp3) is 0.484. The number of hydrogen-bond donors (Lipinski definition) is 2. The Kier molecular flexibility index (Phi) is 13.0. The van der Waals surface area contributed by atoms with E-state index in [1.54, 1.807) is 36.2 Å². The van der Waals surface area contributed by atoms with Crippen molar-refractivity contribution in [3.8, 4) is 0 Å². The summed E-state index contributed by atoms with van der Waals surface area (Å²) in [5.74, 6) is -0.252. The molecule has 3 rings (SSSR count). The number of ether oxygens (including phenoxy) is 1. The number of amides is 3. The van der Waals surface area contributed by atoms with E-state index < -0.39 is 24.1 Å². The van der Waals surface area contributed by atoms with Crippen molar-refractivity contribution in [2.75, 3.05) is 13.6 Å². The van der Waals surface area contributed by atoms with E-state index in [0.717, 1.165) is 43.2 Å². The average Bonchev–Trinajstić information content (AvgIpc) is 2.97. The number of rotatable bonds is 14. The lowest BCUT2D eigenvalue weighted by atomic mass is 9.84. The summed E-state index contributed by atoms with van der Waals surface area (Å²) in [5.41, 5.74) is 1.87. The van der Waals surface area contributed by atoms with Crippen LogP contribution in [0, 0.1) is 5.92 Å². The van der Waals surface area contributed by atoms with Gasteiger partial charge in [-0.1, -0.05) is 86.2 Å². The highest BCUT2D eigenvalue weighted by Gasteiger charge is 2.28. The lowest BCUT2D eigenvalue weighted by Crippen LogP contribution is -2.51. The van der Waals surface area contributed by atoms with Gasteiger partial charge in [-0.15, -0.1) is 0 Å². The Hall–Kier alpha value is -3.39. The fourth-order valence-corrected chi connectivity index (χ4v) is 5.15. The smallest absolute Gasteiger partial charge is 0.408 e. The summed E-state index contributed by atoms with van der Waals surface area (Å²) in [5, 5.41) is 5.96. The second-order valence-corrected chi connectivity index (χ2v) is 10.9. The lowest BCUT2D eigenvalue weighted by molar-refractivity contribution is -0.131. The van der Waals surface area contributed by atoms with E-state index in [0.29, 0.717) is 30.2 Å². The largest absolute Gasteiger partial charge is 0.445 e. The van der Waals surface area contributed by atoms with Crippen LogP contribution in [0.2, 0.25) is 5.02 Å². The van der Waals surface area contributed by atoms with Gasteiger partial charge in [0.1, 0.15) is 18.9 Å². The molecular weight excluding hydrogens is 530 g/mol. The van der Waals surface area contributed by atoms with Gasteiger partial charge in [0.05, 0.1) is 6.04 Å². The van der Waals surface area contributed by atoms with Gasteiger partial charge < -0.3 is 25.1 Å². The molecule has 216 valence electrons. The van der Waals surface area contributed by atoms with Crippen LogP contribution in [0.1, 0.15) is 62.5 Å². The van der Waals surface area contributed by atoms with E-state index in [1.165, 1.54) is 6.42 Å². The Morgan fingerprint density at radius 2 is 1.75 bits per heavy atom. The number of carbonyl (C=O) groups is 4. The van der Waals surface area contributed by atoms with Gasteiger partial charge in [-0.3, -0.25) is 9.59 Å². The first-order valence-electron chi connectivity index (χ1n) is 14.1. The molecule has 8 nitrogen and oxygen atoms in total. The molecule has 0 spiro atoms.